The monoisotopic (exact) mass is 356 g/mol. The SMILES string of the molecule is COc1ccc2c3c([nH]c2c1)[C@@H](C)N(S(=O)(=O)c1ccccc1)CC3. The third-order valence-corrected chi connectivity index (χ3v) is 6.91. The van der Waals surface area contributed by atoms with E-state index in [1.807, 2.05) is 31.2 Å². The fourth-order valence-corrected chi connectivity index (χ4v) is 5.25. The van der Waals surface area contributed by atoms with Gasteiger partial charge in [-0.25, -0.2) is 8.42 Å². The summed E-state index contributed by atoms with van der Waals surface area (Å²) in [5.41, 5.74) is 3.15. The van der Waals surface area contributed by atoms with E-state index in [4.69, 9.17) is 4.74 Å². The highest BCUT2D eigenvalue weighted by atomic mass is 32.2. The predicted octanol–water partition coefficient (Wildman–Crippen LogP) is 3.48. The van der Waals surface area contributed by atoms with Crippen molar-refractivity contribution in [3.05, 3.63) is 59.8 Å². The summed E-state index contributed by atoms with van der Waals surface area (Å²) in [5, 5.41) is 1.14. The Morgan fingerprint density at radius 2 is 1.92 bits per heavy atom. The van der Waals surface area contributed by atoms with Gasteiger partial charge in [0.25, 0.3) is 0 Å². The van der Waals surface area contributed by atoms with Crippen molar-refractivity contribution in [1.82, 2.24) is 9.29 Å². The third kappa shape index (κ3) is 2.53. The fraction of sp³-hybridized carbons (Fsp3) is 0.263. The van der Waals surface area contributed by atoms with Crippen molar-refractivity contribution in [2.45, 2.75) is 24.3 Å². The molecule has 0 saturated heterocycles. The summed E-state index contributed by atoms with van der Waals surface area (Å²) < 4.78 is 32.9. The van der Waals surface area contributed by atoms with Crippen LogP contribution in [-0.4, -0.2) is 31.4 Å². The van der Waals surface area contributed by atoms with Gasteiger partial charge in [-0.3, -0.25) is 0 Å². The van der Waals surface area contributed by atoms with Crippen LogP contribution >= 0.6 is 0 Å². The third-order valence-electron chi connectivity index (χ3n) is 4.93. The van der Waals surface area contributed by atoms with Crippen LogP contribution in [-0.2, 0) is 16.4 Å². The van der Waals surface area contributed by atoms with Crippen LogP contribution in [0.4, 0.5) is 0 Å². The van der Waals surface area contributed by atoms with E-state index >= 15 is 0 Å². The maximum atomic E-state index is 13.0. The maximum Gasteiger partial charge on any atom is 0.243 e. The Balaban J connectivity index is 1.78. The molecular weight excluding hydrogens is 336 g/mol. The topological polar surface area (TPSA) is 62.4 Å². The number of hydrogen-bond donors (Lipinski definition) is 1. The van der Waals surface area contributed by atoms with Gasteiger partial charge in [0.2, 0.25) is 10.0 Å². The number of nitrogens with zero attached hydrogens (tertiary/aromatic N) is 1. The molecule has 0 aliphatic carbocycles. The Bertz CT molecular complexity index is 1030. The first-order valence-electron chi connectivity index (χ1n) is 8.28. The summed E-state index contributed by atoms with van der Waals surface area (Å²) in [6.07, 6.45) is 0.693. The Morgan fingerprint density at radius 3 is 2.64 bits per heavy atom. The minimum Gasteiger partial charge on any atom is -0.497 e. The van der Waals surface area contributed by atoms with Gasteiger partial charge in [-0.1, -0.05) is 18.2 Å². The van der Waals surface area contributed by atoms with E-state index < -0.39 is 10.0 Å². The standard InChI is InChI=1S/C19H20N2O3S/c1-13-19-17(16-9-8-14(24-2)12-18(16)20-19)10-11-21(13)25(22,23)15-6-4-3-5-7-15/h3-9,12-13,20H,10-11H2,1-2H3/t13-/m1/s1. The fourth-order valence-electron chi connectivity index (χ4n) is 3.62. The number of sulfonamides is 1. The summed E-state index contributed by atoms with van der Waals surface area (Å²) in [4.78, 5) is 3.74. The van der Waals surface area contributed by atoms with E-state index in [1.54, 1.807) is 35.7 Å². The number of aromatic nitrogens is 1. The zero-order chi connectivity index (χ0) is 17.6. The summed E-state index contributed by atoms with van der Waals surface area (Å²) in [7, 11) is -1.88. The van der Waals surface area contributed by atoms with Crippen molar-refractivity contribution in [2.75, 3.05) is 13.7 Å². The normalized spacial score (nSPS) is 18.2. The lowest BCUT2D eigenvalue weighted by molar-refractivity contribution is 0.322. The van der Waals surface area contributed by atoms with Crippen molar-refractivity contribution in [2.24, 2.45) is 0 Å². The van der Waals surface area contributed by atoms with Crippen molar-refractivity contribution in [1.29, 1.82) is 0 Å². The first-order valence-corrected chi connectivity index (χ1v) is 9.72. The van der Waals surface area contributed by atoms with Crippen LogP contribution in [0.2, 0.25) is 0 Å². The van der Waals surface area contributed by atoms with Gasteiger partial charge < -0.3 is 9.72 Å². The second-order valence-corrected chi connectivity index (χ2v) is 8.17. The molecule has 0 amide bonds. The molecule has 0 radical (unpaired) electrons. The maximum absolute atomic E-state index is 13.0. The van der Waals surface area contributed by atoms with Gasteiger partial charge >= 0.3 is 0 Å². The van der Waals surface area contributed by atoms with Gasteiger partial charge in [0.05, 0.1) is 18.0 Å². The lowest BCUT2D eigenvalue weighted by Gasteiger charge is -2.32. The molecule has 25 heavy (non-hydrogen) atoms. The molecular formula is C19H20N2O3S. The number of fused-ring (bicyclic) bond motifs is 3. The molecule has 130 valence electrons. The quantitative estimate of drug-likeness (QED) is 0.781. The van der Waals surface area contributed by atoms with E-state index in [0.29, 0.717) is 17.9 Å². The van der Waals surface area contributed by atoms with E-state index in [0.717, 1.165) is 22.3 Å². The molecule has 0 spiro atoms. The second kappa shape index (κ2) is 5.89. The smallest absolute Gasteiger partial charge is 0.243 e. The Labute approximate surface area is 147 Å². The number of H-pyrrole nitrogens is 1. The zero-order valence-electron chi connectivity index (χ0n) is 14.2. The van der Waals surface area contributed by atoms with E-state index in [1.165, 1.54) is 5.56 Å². The lowest BCUT2D eigenvalue weighted by Crippen LogP contribution is -2.38. The highest BCUT2D eigenvalue weighted by molar-refractivity contribution is 7.89. The minimum absolute atomic E-state index is 0.243. The predicted molar refractivity (Wildman–Crippen MR) is 97.3 cm³/mol. The number of hydrogen-bond acceptors (Lipinski definition) is 3. The van der Waals surface area contributed by atoms with Crippen molar-refractivity contribution in [3.63, 3.8) is 0 Å². The summed E-state index contributed by atoms with van der Waals surface area (Å²) in [6, 6.07) is 14.3. The van der Waals surface area contributed by atoms with Crippen LogP contribution in [0.3, 0.4) is 0 Å². The number of nitrogens with one attached hydrogen (secondary N) is 1. The number of ether oxygens (including phenoxy) is 1. The molecule has 1 aromatic heterocycles. The van der Waals surface area contributed by atoms with E-state index in [9.17, 15) is 8.42 Å². The van der Waals surface area contributed by atoms with Gasteiger partial charge in [-0.05, 0) is 43.2 Å². The highest BCUT2D eigenvalue weighted by Crippen LogP contribution is 2.37. The van der Waals surface area contributed by atoms with Crippen LogP contribution in [0, 0.1) is 0 Å². The molecule has 0 fully saturated rings. The van der Waals surface area contributed by atoms with Gasteiger partial charge in [0, 0.05) is 29.2 Å². The van der Waals surface area contributed by atoms with Crippen LogP contribution in [0.5, 0.6) is 5.75 Å². The summed E-state index contributed by atoms with van der Waals surface area (Å²) in [5.74, 6) is 0.785. The first-order chi connectivity index (χ1) is 12.0. The molecule has 0 saturated carbocycles. The Morgan fingerprint density at radius 1 is 1.16 bits per heavy atom. The molecule has 1 aliphatic rings. The van der Waals surface area contributed by atoms with Crippen LogP contribution in [0.15, 0.2) is 53.4 Å². The van der Waals surface area contributed by atoms with Crippen LogP contribution in [0.25, 0.3) is 10.9 Å². The summed E-state index contributed by atoms with van der Waals surface area (Å²) in [6.45, 7) is 2.41. The Hall–Kier alpha value is -2.31. The largest absolute Gasteiger partial charge is 0.497 e. The van der Waals surface area contributed by atoms with E-state index in [2.05, 4.69) is 4.98 Å². The van der Waals surface area contributed by atoms with Gasteiger partial charge in [0.15, 0.2) is 0 Å². The molecule has 5 nitrogen and oxygen atoms in total. The van der Waals surface area contributed by atoms with Crippen LogP contribution in [0.1, 0.15) is 24.2 Å². The molecule has 6 heteroatoms. The van der Waals surface area contributed by atoms with Crippen molar-refractivity contribution < 1.29 is 13.2 Å². The van der Waals surface area contributed by atoms with E-state index in [-0.39, 0.29) is 6.04 Å². The Kier molecular flexibility index (Phi) is 3.81. The molecule has 2 heterocycles. The average Bonchev–Trinajstić information content (AvgIpc) is 3.01. The number of aromatic amines is 1. The molecule has 1 N–H and O–H groups in total. The molecule has 1 atom stereocenters. The lowest BCUT2D eigenvalue weighted by atomic mass is 10.0. The molecule has 0 unspecified atom stereocenters. The summed E-state index contributed by atoms with van der Waals surface area (Å²) >= 11 is 0. The molecule has 4 rings (SSSR count). The zero-order valence-corrected chi connectivity index (χ0v) is 15.0. The number of rotatable bonds is 3. The molecule has 3 aromatic rings. The van der Waals surface area contributed by atoms with Gasteiger partial charge in [-0.2, -0.15) is 4.31 Å². The van der Waals surface area contributed by atoms with Crippen molar-refractivity contribution >= 4 is 20.9 Å². The molecule has 0 bridgehead atoms. The van der Waals surface area contributed by atoms with Gasteiger partial charge in [0.1, 0.15) is 5.75 Å². The number of methoxy groups -OCH3 is 1. The first kappa shape index (κ1) is 16.2. The van der Waals surface area contributed by atoms with Gasteiger partial charge in [-0.15, -0.1) is 0 Å². The highest BCUT2D eigenvalue weighted by Gasteiger charge is 2.35. The van der Waals surface area contributed by atoms with Crippen LogP contribution < -0.4 is 4.74 Å². The van der Waals surface area contributed by atoms with Crippen molar-refractivity contribution in [3.8, 4) is 5.75 Å². The average molecular weight is 356 g/mol. The second-order valence-electron chi connectivity index (χ2n) is 6.28. The molecule has 1 aliphatic heterocycles. The number of benzene rings is 2. The molecule has 2 aromatic carbocycles. The minimum atomic E-state index is -3.52.